The van der Waals surface area contributed by atoms with Gasteiger partial charge in [-0.05, 0) is 5.92 Å². The van der Waals surface area contributed by atoms with Crippen LogP contribution in [-0.4, -0.2) is 35.6 Å². The van der Waals surface area contributed by atoms with Gasteiger partial charge in [-0.1, -0.05) is 13.8 Å². The number of nitrogens with two attached hydrogens (primary N) is 1. The Hall–Kier alpha value is -1.79. The van der Waals surface area contributed by atoms with Crippen LogP contribution in [0.15, 0.2) is 0 Å². The zero-order chi connectivity index (χ0) is 12.0. The molecule has 5 N–H and O–H groups in total. The number of aliphatic carboxylic acids is 1. The molecule has 0 spiro atoms. The van der Waals surface area contributed by atoms with Crippen molar-refractivity contribution < 1.29 is 19.5 Å². The van der Waals surface area contributed by atoms with Crippen LogP contribution >= 0.6 is 0 Å². The molecule has 86 valence electrons. The normalized spacial score (nSPS) is 11.9. The predicted molar refractivity (Wildman–Crippen MR) is 52.0 cm³/mol. The van der Waals surface area contributed by atoms with Crippen LogP contribution in [0.25, 0.3) is 0 Å². The van der Waals surface area contributed by atoms with Gasteiger partial charge in [-0.3, -0.25) is 4.79 Å². The first-order valence-electron chi connectivity index (χ1n) is 4.40. The number of hydrogen-bond donors (Lipinski definition) is 4. The van der Waals surface area contributed by atoms with E-state index in [0.717, 1.165) is 0 Å². The van der Waals surface area contributed by atoms with Crippen LogP contribution in [0, 0.1) is 5.92 Å². The summed E-state index contributed by atoms with van der Waals surface area (Å²) >= 11 is 0. The van der Waals surface area contributed by atoms with Gasteiger partial charge in [-0.2, -0.15) is 0 Å². The second-order valence-corrected chi connectivity index (χ2v) is 3.35. The van der Waals surface area contributed by atoms with Crippen molar-refractivity contribution >= 4 is 17.9 Å². The molecule has 1 atom stereocenters. The Morgan fingerprint density at radius 2 is 1.87 bits per heavy atom. The Labute approximate surface area is 87.0 Å². The van der Waals surface area contributed by atoms with Gasteiger partial charge >= 0.3 is 12.0 Å². The smallest absolute Gasteiger partial charge is 0.326 e. The minimum Gasteiger partial charge on any atom is -0.480 e. The molecule has 0 heterocycles. The molecular weight excluding hydrogens is 202 g/mol. The monoisotopic (exact) mass is 217 g/mol. The molecule has 0 saturated heterocycles. The highest BCUT2D eigenvalue weighted by Crippen LogP contribution is 2.00. The van der Waals surface area contributed by atoms with Crippen molar-refractivity contribution in [2.75, 3.05) is 6.54 Å². The number of nitrogens with one attached hydrogen (secondary N) is 2. The van der Waals surface area contributed by atoms with Gasteiger partial charge in [-0.15, -0.1) is 0 Å². The van der Waals surface area contributed by atoms with E-state index in [1.54, 1.807) is 13.8 Å². The minimum atomic E-state index is -1.13. The number of primary amides is 1. The molecule has 0 aromatic carbocycles. The van der Waals surface area contributed by atoms with Crippen LogP contribution in [-0.2, 0) is 9.59 Å². The average Bonchev–Trinajstić information content (AvgIpc) is 2.09. The molecule has 3 amide bonds. The van der Waals surface area contributed by atoms with Crippen molar-refractivity contribution in [3.63, 3.8) is 0 Å². The van der Waals surface area contributed by atoms with Gasteiger partial charge in [0.05, 0.1) is 6.54 Å². The lowest BCUT2D eigenvalue weighted by Crippen LogP contribution is -2.50. The number of rotatable bonds is 5. The van der Waals surface area contributed by atoms with Crippen molar-refractivity contribution in [2.24, 2.45) is 11.7 Å². The third-order valence-electron chi connectivity index (χ3n) is 1.64. The maximum atomic E-state index is 11.1. The number of carbonyl (C=O) groups is 3. The van der Waals surface area contributed by atoms with Gasteiger partial charge in [0.25, 0.3) is 0 Å². The number of urea groups is 1. The fraction of sp³-hybridized carbons (Fsp3) is 0.625. The zero-order valence-corrected chi connectivity index (χ0v) is 8.61. The second kappa shape index (κ2) is 5.84. The molecule has 7 heteroatoms. The van der Waals surface area contributed by atoms with Crippen molar-refractivity contribution in [1.29, 1.82) is 0 Å². The van der Waals surface area contributed by atoms with Crippen molar-refractivity contribution in [3.8, 4) is 0 Å². The van der Waals surface area contributed by atoms with Crippen LogP contribution in [0.1, 0.15) is 13.8 Å². The number of carboxylic acid groups (broad SMARTS) is 1. The van der Waals surface area contributed by atoms with E-state index in [1.165, 1.54) is 0 Å². The van der Waals surface area contributed by atoms with E-state index in [4.69, 9.17) is 10.8 Å². The topological polar surface area (TPSA) is 122 Å². The van der Waals surface area contributed by atoms with Crippen LogP contribution < -0.4 is 16.4 Å². The summed E-state index contributed by atoms with van der Waals surface area (Å²) in [6.45, 7) is 3.00. The zero-order valence-electron chi connectivity index (χ0n) is 8.61. The summed E-state index contributed by atoms with van der Waals surface area (Å²) in [5.74, 6) is -2.07. The van der Waals surface area contributed by atoms with Gasteiger partial charge in [0, 0.05) is 0 Å². The molecule has 7 nitrogen and oxygen atoms in total. The second-order valence-electron chi connectivity index (χ2n) is 3.35. The molecule has 15 heavy (non-hydrogen) atoms. The summed E-state index contributed by atoms with van der Waals surface area (Å²) in [4.78, 5) is 32.1. The van der Waals surface area contributed by atoms with E-state index in [-0.39, 0.29) is 12.5 Å². The van der Waals surface area contributed by atoms with Gasteiger partial charge in [0.1, 0.15) is 6.04 Å². The molecule has 0 radical (unpaired) electrons. The van der Waals surface area contributed by atoms with E-state index in [0.29, 0.717) is 0 Å². The van der Waals surface area contributed by atoms with Gasteiger partial charge in [0.2, 0.25) is 5.91 Å². The maximum absolute atomic E-state index is 11.1. The van der Waals surface area contributed by atoms with Crippen molar-refractivity contribution in [3.05, 3.63) is 0 Å². The summed E-state index contributed by atoms with van der Waals surface area (Å²) in [5.41, 5.74) is 4.79. The van der Waals surface area contributed by atoms with Gasteiger partial charge in [0.15, 0.2) is 0 Å². The Morgan fingerprint density at radius 1 is 1.33 bits per heavy atom. The largest absolute Gasteiger partial charge is 0.480 e. The summed E-state index contributed by atoms with van der Waals surface area (Å²) in [5, 5.41) is 13.1. The lowest BCUT2D eigenvalue weighted by Gasteiger charge is -2.17. The Balaban J connectivity index is 4.12. The SMILES string of the molecule is CC(C)[C@H](NC(=O)NCC(N)=O)C(=O)O. The highest BCUT2D eigenvalue weighted by Gasteiger charge is 2.23. The fourth-order valence-corrected chi connectivity index (χ4v) is 0.873. The highest BCUT2D eigenvalue weighted by atomic mass is 16.4. The summed E-state index contributed by atoms with van der Waals surface area (Å²) in [7, 11) is 0. The van der Waals surface area contributed by atoms with E-state index in [9.17, 15) is 14.4 Å². The molecule has 0 rings (SSSR count). The number of hydrogen-bond acceptors (Lipinski definition) is 3. The minimum absolute atomic E-state index is 0.248. The van der Waals surface area contributed by atoms with Crippen molar-refractivity contribution in [1.82, 2.24) is 10.6 Å². The molecule has 0 aliphatic carbocycles. The van der Waals surface area contributed by atoms with E-state index >= 15 is 0 Å². The van der Waals surface area contributed by atoms with Crippen LogP contribution in [0.2, 0.25) is 0 Å². The predicted octanol–water partition coefficient (Wildman–Crippen LogP) is -1.12. The van der Waals surface area contributed by atoms with Gasteiger partial charge < -0.3 is 21.5 Å². The standard InChI is InChI=1S/C8H15N3O4/c1-4(2)6(7(13)14)11-8(15)10-3-5(9)12/h4,6H,3H2,1-2H3,(H2,9,12)(H,13,14)(H2,10,11,15)/t6-/m0/s1. The molecule has 0 aliphatic rings. The third kappa shape index (κ3) is 5.50. The first kappa shape index (κ1) is 13.2. The summed E-state index contributed by atoms with van der Waals surface area (Å²) < 4.78 is 0. The van der Waals surface area contributed by atoms with Crippen LogP contribution in [0.4, 0.5) is 4.79 Å². The number of carbonyl (C=O) groups excluding carboxylic acids is 2. The first-order valence-corrected chi connectivity index (χ1v) is 4.40. The molecule has 0 saturated carbocycles. The molecule has 0 aromatic rings. The summed E-state index contributed by atoms with van der Waals surface area (Å²) in [6.07, 6.45) is 0. The Bertz CT molecular complexity index is 265. The third-order valence-corrected chi connectivity index (χ3v) is 1.64. The number of amides is 3. The van der Waals surface area contributed by atoms with Crippen LogP contribution in [0.5, 0.6) is 0 Å². The highest BCUT2D eigenvalue weighted by molar-refractivity contribution is 5.86. The Morgan fingerprint density at radius 3 is 2.20 bits per heavy atom. The molecule has 0 aliphatic heterocycles. The summed E-state index contributed by atoms with van der Waals surface area (Å²) in [6, 6.07) is -1.72. The van der Waals surface area contributed by atoms with E-state index < -0.39 is 23.9 Å². The van der Waals surface area contributed by atoms with E-state index in [1.807, 2.05) is 0 Å². The lowest BCUT2D eigenvalue weighted by atomic mass is 10.1. The number of carboxylic acids is 1. The molecular formula is C8H15N3O4. The molecule has 0 aromatic heterocycles. The van der Waals surface area contributed by atoms with E-state index in [2.05, 4.69) is 10.6 Å². The maximum Gasteiger partial charge on any atom is 0.326 e. The lowest BCUT2D eigenvalue weighted by molar-refractivity contribution is -0.140. The Kier molecular flexibility index (Phi) is 5.14. The quantitative estimate of drug-likeness (QED) is 0.466. The van der Waals surface area contributed by atoms with Crippen molar-refractivity contribution in [2.45, 2.75) is 19.9 Å². The van der Waals surface area contributed by atoms with Crippen LogP contribution in [0.3, 0.4) is 0 Å². The average molecular weight is 217 g/mol. The van der Waals surface area contributed by atoms with Gasteiger partial charge in [-0.25, -0.2) is 9.59 Å². The first-order chi connectivity index (χ1) is 6.84. The molecule has 0 unspecified atom stereocenters. The molecule has 0 bridgehead atoms. The molecule has 0 fully saturated rings. The fourth-order valence-electron chi connectivity index (χ4n) is 0.873.